The normalized spacial score (nSPS) is 18.6. The fourth-order valence-electron chi connectivity index (χ4n) is 3.87. The van der Waals surface area contributed by atoms with Crippen LogP contribution in [0.1, 0.15) is 36.6 Å². The molecule has 162 valence electrons. The summed E-state index contributed by atoms with van der Waals surface area (Å²) in [6.45, 7) is 0.717. The van der Waals surface area contributed by atoms with Gasteiger partial charge in [0.1, 0.15) is 0 Å². The van der Waals surface area contributed by atoms with E-state index in [2.05, 4.69) is 10.4 Å². The predicted octanol–water partition coefficient (Wildman–Crippen LogP) is 1.40. The molecular formula is C20H26N4O5S. The number of aromatic nitrogens is 2. The Bertz CT molecular complexity index is 1050. The number of rotatable bonds is 5. The number of sulfonamides is 1. The zero-order valence-electron chi connectivity index (χ0n) is 17.1. The molecular weight excluding hydrogens is 408 g/mol. The van der Waals surface area contributed by atoms with Gasteiger partial charge in [-0.25, -0.2) is 8.42 Å². The summed E-state index contributed by atoms with van der Waals surface area (Å²) < 4.78 is 40.0. The van der Waals surface area contributed by atoms with Gasteiger partial charge < -0.3 is 14.8 Å². The number of carbonyl (C=O) groups excluding carboxylic acids is 1. The van der Waals surface area contributed by atoms with Crippen molar-refractivity contribution in [2.24, 2.45) is 7.05 Å². The molecule has 1 aromatic carbocycles. The first-order valence-electron chi connectivity index (χ1n) is 10.0. The topological polar surface area (TPSA) is 103 Å². The number of likely N-dealkylation sites (N-methyl/N-ethyl adjacent to an activating group) is 1. The Morgan fingerprint density at radius 1 is 1.27 bits per heavy atom. The summed E-state index contributed by atoms with van der Waals surface area (Å²) in [6, 6.07) is 4.37. The van der Waals surface area contributed by atoms with E-state index in [1.54, 1.807) is 12.3 Å². The van der Waals surface area contributed by atoms with E-state index in [1.807, 2.05) is 11.7 Å². The maximum atomic E-state index is 13.0. The van der Waals surface area contributed by atoms with E-state index in [0.717, 1.165) is 41.2 Å². The van der Waals surface area contributed by atoms with Gasteiger partial charge in [-0.05, 0) is 31.4 Å². The fourth-order valence-corrected chi connectivity index (χ4v) is 5.01. The van der Waals surface area contributed by atoms with E-state index in [-0.39, 0.29) is 23.4 Å². The first-order valence-corrected chi connectivity index (χ1v) is 11.5. The van der Waals surface area contributed by atoms with Crippen molar-refractivity contribution in [3.8, 4) is 11.5 Å². The molecule has 0 saturated carbocycles. The highest BCUT2D eigenvalue weighted by Gasteiger charge is 2.28. The fraction of sp³-hybridized carbons (Fsp3) is 0.500. The molecule has 4 rings (SSSR count). The van der Waals surface area contributed by atoms with Crippen LogP contribution < -0.4 is 14.8 Å². The van der Waals surface area contributed by atoms with Gasteiger partial charge in [-0.3, -0.25) is 9.48 Å². The van der Waals surface area contributed by atoms with Crippen molar-refractivity contribution in [3.05, 3.63) is 35.7 Å². The van der Waals surface area contributed by atoms with Crippen LogP contribution in [-0.4, -0.2) is 55.2 Å². The Labute approximate surface area is 176 Å². The summed E-state index contributed by atoms with van der Waals surface area (Å²) in [5.41, 5.74) is 2.12. The van der Waals surface area contributed by atoms with Crippen LogP contribution in [0.25, 0.3) is 0 Å². The van der Waals surface area contributed by atoms with E-state index >= 15 is 0 Å². The van der Waals surface area contributed by atoms with Crippen molar-refractivity contribution in [2.45, 2.75) is 36.6 Å². The van der Waals surface area contributed by atoms with Crippen LogP contribution >= 0.6 is 0 Å². The minimum atomic E-state index is -3.86. The van der Waals surface area contributed by atoms with Gasteiger partial charge in [-0.15, -0.1) is 0 Å². The molecule has 10 heteroatoms. The maximum Gasteiger partial charge on any atom is 0.243 e. The summed E-state index contributed by atoms with van der Waals surface area (Å²) in [5, 5.41) is 7.23. The molecule has 0 unspecified atom stereocenters. The van der Waals surface area contributed by atoms with Crippen LogP contribution in [-0.2, 0) is 28.3 Å². The quantitative estimate of drug-likeness (QED) is 0.763. The Morgan fingerprint density at radius 3 is 2.83 bits per heavy atom. The molecule has 0 saturated heterocycles. The molecule has 0 bridgehead atoms. The zero-order chi connectivity index (χ0) is 21.3. The molecule has 1 N–H and O–H groups in total. The van der Waals surface area contributed by atoms with Crippen LogP contribution in [0.3, 0.4) is 0 Å². The standard InChI is InChI=1S/C20H26N4O5S/c1-23(13-20(25)22-16-5-3-6-17-15(16)12-21-24(17)2)30(26,27)14-7-8-18-19(11-14)29-10-4-9-28-18/h7-8,11-12,16H,3-6,9-10,13H2,1-2H3,(H,22,25)/t16-/m0/s1. The molecule has 0 radical (unpaired) electrons. The van der Waals surface area contributed by atoms with E-state index in [1.165, 1.54) is 19.2 Å². The lowest BCUT2D eigenvalue weighted by Gasteiger charge is -2.25. The van der Waals surface area contributed by atoms with Gasteiger partial charge in [0.05, 0.1) is 36.9 Å². The monoisotopic (exact) mass is 434 g/mol. The lowest BCUT2D eigenvalue weighted by molar-refractivity contribution is -0.122. The number of aryl methyl sites for hydroxylation is 1. The number of amides is 1. The minimum Gasteiger partial charge on any atom is -0.490 e. The van der Waals surface area contributed by atoms with E-state index in [9.17, 15) is 13.2 Å². The van der Waals surface area contributed by atoms with Crippen LogP contribution in [0.15, 0.2) is 29.3 Å². The van der Waals surface area contributed by atoms with Crippen LogP contribution in [0.5, 0.6) is 11.5 Å². The molecule has 2 heterocycles. The van der Waals surface area contributed by atoms with Gasteiger partial charge >= 0.3 is 0 Å². The number of carbonyl (C=O) groups is 1. The number of nitrogens with one attached hydrogen (secondary N) is 1. The van der Waals surface area contributed by atoms with Crippen molar-refractivity contribution in [3.63, 3.8) is 0 Å². The maximum absolute atomic E-state index is 13.0. The summed E-state index contributed by atoms with van der Waals surface area (Å²) >= 11 is 0. The largest absolute Gasteiger partial charge is 0.490 e. The average molecular weight is 435 g/mol. The highest BCUT2D eigenvalue weighted by molar-refractivity contribution is 7.89. The third-order valence-electron chi connectivity index (χ3n) is 5.50. The van der Waals surface area contributed by atoms with Gasteiger partial charge in [0.15, 0.2) is 11.5 Å². The average Bonchev–Trinajstić information content (AvgIpc) is 2.95. The van der Waals surface area contributed by atoms with Crippen molar-refractivity contribution in [1.82, 2.24) is 19.4 Å². The lowest BCUT2D eigenvalue weighted by atomic mass is 9.93. The van der Waals surface area contributed by atoms with Crippen LogP contribution in [0, 0.1) is 0 Å². The molecule has 1 atom stereocenters. The lowest BCUT2D eigenvalue weighted by Crippen LogP contribution is -2.40. The summed E-state index contributed by atoms with van der Waals surface area (Å²) in [7, 11) is -0.571. The Kier molecular flexibility index (Phi) is 5.70. The molecule has 2 aromatic rings. The molecule has 0 fully saturated rings. The Balaban J connectivity index is 1.45. The first kappa shape index (κ1) is 20.7. The smallest absolute Gasteiger partial charge is 0.243 e. The zero-order valence-corrected chi connectivity index (χ0v) is 17.9. The van der Waals surface area contributed by atoms with Gasteiger partial charge in [-0.1, -0.05) is 0 Å². The van der Waals surface area contributed by atoms with Gasteiger partial charge in [0, 0.05) is 37.8 Å². The van der Waals surface area contributed by atoms with Crippen molar-refractivity contribution in [1.29, 1.82) is 0 Å². The number of benzene rings is 1. The van der Waals surface area contributed by atoms with Crippen LogP contribution in [0.4, 0.5) is 0 Å². The minimum absolute atomic E-state index is 0.0641. The number of nitrogens with zero attached hydrogens (tertiary/aromatic N) is 3. The number of hydrogen-bond acceptors (Lipinski definition) is 6. The summed E-state index contributed by atoms with van der Waals surface area (Å²) in [6.07, 6.45) is 5.19. The summed E-state index contributed by atoms with van der Waals surface area (Å²) in [4.78, 5) is 12.7. The van der Waals surface area contributed by atoms with Crippen LogP contribution in [0.2, 0.25) is 0 Å². The van der Waals surface area contributed by atoms with E-state index < -0.39 is 10.0 Å². The summed E-state index contributed by atoms with van der Waals surface area (Å²) in [5.74, 6) is 0.575. The Hall–Kier alpha value is -2.59. The molecule has 1 aliphatic heterocycles. The molecule has 2 aliphatic rings. The van der Waals surface area contributed by atoms with Gasteiger partial charge in [-0.2, -0.15) is 9.40 Å². The predicted molar refractivity (Wildman–Crippen MR) is 109 cm³/mol. The highest BCUT2D eigenvalue weighted by atomic mass is 32.2. The molecule has 9 nitrogen and oxygen atoms in total. The van der Waals surface area contributed by atoms with Crippen molar-refractivity contribution in [2.75, 3.05) is 26.8 Å². The Morgan fingerprint density at radius 2 is 2.03 bits per heavy atom. The van der Waals surface area contributed by atoms with Gasteiger partial charge in [0.2, 0.25) is 15.9 Å². The van der Waals surface area contributed by atoms with Gasteiger partial charge in [0.25, 0.3) is 0 Å². The van der Waals surface area contributed by atoms with E-state index in [0.29, 0.717) is 24.7 Å². The number of ether oxygens (including phenoxy) is 2. The number of hydrogen-bond donors (Lipinski definition) is 1. The second kappa shape index (κ2) is 8.27. The molecule has 30 heavy (non-hydrogen) atoms. The second-order valence-corrected chi connectivity index (χ2v) is 9.65. The first-order chi connectivity index (χ1) is 14.4. The third-order valence-corrected chi connectivity index (χ3v) is 7.30. The third kappa shape index (κ3) is 4.01. The second-order valence-electron chi connectivity index (χ2n) is 7.60. The number of fused-ring (bicyclic) bond motifs is 2. The van der Waals surface area contributed by atoms with Crippen molar-refractivity contribution < 1.29 is 22.7 Å². The molecule has 1 aromatic heterocycles. The molecule has 1 aliphatic carbocycles. The molecule has 0 spiro atoms. The SMILES string of the molecule is CN(CC(=O)N[C@H]1CCCc2c1cnn2C)S(=O)(=O)c1ccc2c(c1)OCCCO2. The molecule has 1 amide bonds. The highest BCUT2D eigenvalue weighted by Crippen LogP contribution is 2.33. The van der Waals surface area contributed by atoms with E-state index in [4.69, 9.17) is 9.47 Å². The van der Waals surface area contributed by atoms with Crippen molar-refractivity contribution >= 4 is 15.9 Å².